The Morgan fingerprint density at radius 2 is 1.71 bits per heavy atom. The normalized spacial score (nSPS) is 11.0. The van der Waals surface area contributed by atoms with Crippen LogP contribution in [0.2, 0.25) is 0 Å². The van der Waals surface area contributed by atoms with Gasteiger partial charge in [-0.15, -0.1) is 0 Å². The van der Waals surface area contributed by atoms with Crippen molar-refractivity contribution in [2.75, 3.05) is 0 Å². The first-order valence-corrected chi connectivity index (χ1v) is 5.73. The Hall–Kier alpha value is -1.64. The van der Waals surface area contributed by atoms with Crippen molar-refractivity contribution in [2.24, 2.45) is 0 Å². The topological polar surface area (TPSA) is 46.2 Å². The monoisotopic (exact) mass is 233 g/mol. The van der Waals surface area contributed by atoms with Gasteiger partial charge >= 0.3 is 0 Å². The molecule has 0 spiro atoms. The largest absolute Gasteiger partial charge is 0.351 e. The van der Waals surface area contributed by atoms with E-state index >= 15 is 0 Å². The minimum atomic E-state index is -0.288. The highest BCUT2D eigenvalue weighted by atomic mass is 16.2. The Morgan fingerprint density at radius 1 is 1.12 bits per heavy atom. The summed E-state index contributed by atoms with van der Waals surface area (Å²) < 4.78 is 0. The van der Waals surface area contributed by atoms with Gasteiger partial charge in [0.15, 0.2) is 0 Å². The summed E-state index contributed by atoms with van der Waals surface area (Å²) in [4.78, 5) is 23.2. The molecule has 0 saturated heterocycles. The van der Waals surface area contributed by atoms with E-state index in [4.69, 9.17) is 0 Å². The van der Waals surface area contributed by atoms with Gasteiger partial charge < -0.3 is 5.32 Å². The quantitative estimate of drug-likeness (QED) is 0.809. The lowest BCUT2D eigenvalue weighted by Gasteiger charge is -2.20. The van der Waals surface area contributed by atoms with E-state index in [1.54, 1.807) is 0 Å². The molecule has 0 unspecified atom stereocenters. The number of carbonyl (C=O) groups is 2. The predicted molar refractivity (Wildman–Crippen MR) is 67.7 cm³/mol. The molecule has 3 heteroatoms. The standard InChI is InChI=1S/C14H19NO2/c1-14(2,3)15-13(17)10-12(16)9-11-7-5-4-6-8-11/h4-8H,9-10H2,1-3H3,(H,15,17). The first kappa shape index (κ1) is 13.4. The number of benzene rings is 1. The van der Waals surface area contributed by atoms with Crippen LogP contribution < -0.4 is 5.32 Å². The summed E-state index contributed by atoms with van der Waals surface area (Å²) in [5, 5.41) is 2.78. The predicted octanol–water partition coefficient (Wildman–Crippen LogP) is 2.10. The SMILES string of the molecule is CC(C)(C)NC(=O)CC(=O)Cc1ccccc1. The third kappa shape index (κ3) is 5.85. The van der Waals surface area contributed by atoms with Crippen LogP contribution in [-0.4, -0.2) is 17.2 Å². The highest BCUT2D eigenvalue weighted by Gasteiger charge is 2.16. The molecule has 1 aromatic carbocycles. The zero-order valence-corrected chi connectivity index (χ0v) is 10.6. The molecule has 0 aliphatic heterocycles. The number of nitrogens with one attached hydrogen (secondary N) is 1. The van der Waals surface area contributed by atoms with E-state index in [-0.39, 0.29) is 23.7 Å². The molecule has 0 saturated carbocycles. The van der Waals surface area contributed by atoms with Gasteiger partial charge in [0.2, 0.25) is 5.91 Å². The number of ketones is 1. The van der Waals surface area contributed by atoms with Crippen molar-refractivity contribution in [2.45, 2.75) is 39.2 Å². The fourth-order valence-corrected chi connectivity index (χ4v) is 1.53. The van der Waals surface area contributed by atoms with Crippen LogP contribution >= 0.6 is 0 Å². The zero-order chi connectivity index (χ0) is 12.9. The van der Waals surface area contributed by atoms with Crippen LogP contribution in [0.5, 0.6) is 0 Å². The van der Waals surface area contributed by atoms with E-state index in [1.165, 1.54) is 0 Å². The lowest BCUT2D eigenvalue weighted by Crippen LogP contribution is -2.41. The van der Waals surface area contributed by atoms with Crippen molar-refractivity contribution in [3.63, 3.8) is 0 Å². The Labute approximate surface area is 102 Å². The second-order valence-electron chi connectivity index (χ2n) is 5.18. The van der Waals surface area contributed by atoms with Crippen LogP contribution in [0.4, 0.5) is 0 Å². The molecule has 0 aromatic heterocycles. The molecule has 0 radical (unpaired) electrons. The molecule has 92 valence electrons. The molecular weight excluding hydrogens is 214 g/mol. The van der Waals surface area contributed by atoms with Gasteiger partial charge in [-0.3, -0.25) is 9.59 Å². The van der Waals surface area contributed by atoms with Gasteiger partial charge in [-0.05, 0) is 26.3 Å². The Bertz CT molecular complexity index is 390. The molecule has 1 rings (SSSR count). The summed E-state index contributed by atoms with van der Waals surface area (Å²) in [5.74, 6) is -0.267. The third-order valence-electron chi connectivity index (χ3n) is 2.12. The molecule has 1 amide bonds. The highest BCUT2D eigenvalue weighted by Crippen LogP contribution is 2.03. The minimum Gasteiger partial charge on any atom is -0.351 e. The number of rotatable bonds is 4. The zero-order valence-electron chi connectivity index (χ0n) is 10.6. The molecule has 0 bridgehead atoms. The van der Waals surface area contributed by atoms with Crippen LogP contribution in [0.1, 0.15) is 32.8 Å². The van der Waals surface area contributed by atoms with Gasteiger partial charge in [0.1, 0.15) is 5.78 Å². The van der Waals surface area contributed by atoms with Gasteiger partial charge in [0, 0.05) is 12.0 Å². The molecule has 0 heterocycles. The second kappa shape index (κ2) is 5.62. The van der Waals surface area contributed by atoms with E-state index in [0.717, 1.165) is 5.56 Å². The summed E-state index contributed by atoms with van der Waals surface area (Å²) in [5.41, 5.74) is 0.658. The van der Waals surface area contributed by atoms with Crippen LogP contribution in [0, 0.1) is 0 Å². The van der Waals surface area contributed by atoms with E-state index in [2.05, 4.69) is 5.32 Å². The van der Waals surface area contributed by atoms with E-state index in [0.29, 0.717) is 6.42 Å². The average molecular weight is 233 g/mol. The van der Waals surface area contributed by atoms with Crippen molar-refractivity contribution in [3.05, 3.63) is 35.9 Å². The van der Waals surface area contributed by atoms with Crippen molar-refractivity contribution >= 4 is 11.7 Å². The molecule has 1 aromatic rings. The summed E-state index contributed by atoms with van der Waals surface area (Å²) in [6.45, 7) is 5.69. The first-order chi connectivity index (χ1) is 7.87. The first-order valence-electron chi connectivity index (χ1n) is 5.73. The van der Waals surface area contributed by atoms with Crippen molar-refractivity contribution < 1.29 is 9.59 Å². The Balaban J connectivity index is 2.43. The van der Waals surface area contributed by atoms with Crippen LogP contribution in [-0.2, 0) is 16.0 Å². The van der Waals surface area contributed by atoms with Crippen LogP contribution in [0.3, 0.4) is 0 Å². The number of hydrogen-bond donors (Lipinski definition) is 1. The lowest BCUT2D eigenvalue weighted by molar-refractivity contribution is -0.128. The third-order valence-corrected chi connectivity index (χ3v) is 2.12. The summed E-state index contributed by atoms with van der Waals surface area (Å²) in [7, 11) is 0. The second-order valence-corrected chi connectivity index (χ2v) is 5.18. The molecular formula is C14H19NO2. The molecule has 0 aliphatic rings. The molecule has 3 nitrogen and oxygen atoms in total. The molecule has 0 atom stereocenters. The van der Waals surface area contributed by atoms with Gasteiger partial charge in [-0.1, -0.05) is 30.3 Å². The summed E-state index contributed by atoms with van der Waals surface area (Å²) in [6, 6.07) is 9.45. The smallest absolute Gasteiger partial charge is 0.227 e. The summed E-state index contributed by atoms with van der Waals surface area (Å²) >= 11 is 0. The minimum absolute atomic E-state index is 0.0494. The van der Waals surface area contributed by atoms with Gasteiger partial charge in [-0.2, -0.15) is 0 Å². The number of Topliss-reactive ketones (excluding diaryl/α,β-unsaturated/α-hetero) is 1. The maximum atomic E-state index is 11.6. The van der Waals surface area contributed by atoms with Gasteiger partial charge in [0.05, 0.1) is 6.42 Å². The van der Waals surface area contributed by atoms with E-state index in [1.807, 2.05) is 51.1 Å². The Morgan fingerprint density at radius 3 is 2.24 bits per heavy atom. The fourth-order valence-electron chi connectivity index (χ4n) is 1.53. The van der Waals surface area contributed by atoms with Crippen LogP contribution in [0.15, 0.2) is 30.3 Å². The summed E-state index contributed by atoms with van der Waals surface area (Å²) in [6.07, 6.45) is 0.268. The average Bonchev–Trinajstić information content (AvgIpc) is 2.15. The van der Waals surface area contributed by atoms with Crippen molar-refractivity contribution in [3.8, 4) is 0 Å². The Kier molecular flexibility index (Phi) is 4.44. The number of amides is 1. The van der Waals surface area contributed by atoms with Gasteiger partial charge in [0.25, 0.3) is 0 Å². The van der Waals surface area contributed by atoms with Crippen molar-refractivity contribution in [1.29, 1.82) is 0 Å². The number of carbonyl (C=O) groups excluding carboxylic acids is 2. The molecule has 0 fully saturated rings. The maximum Gasteiger partial charge on any atom is 0.227 e. The van der Waals surface area contributed by atoms with Gasteiger partial charge in [-0.25, -0.2) is 0 Å². The molecule has 0 aliphatic carbocycles. The molecule has 1 N–H and O–H groups in total. The molecule has 17 heavy (non-hydrogen) atoms. The van der Waals surface area contributed by atoms with E-state index < -0.39 is 0 Å². The number of hydrogen-bond acceptors (Lipinski definition) is 2. The van der Waals surface area contributed by atoms with E-state index in [9.17, 15) is 9.59 Å². The lowest BCUT2D eigenvalue weighted by atomic mass is 10.1. The van der Waals surface area contributed by atoms with Crippen LogP contribution in [0.25, 0.3) is 0 Å². The maximum absolute atomic E-state index is 11.6. The fraction of sp³-hybridized carbons (Fsp3) is 0.429. The highest BCUT2D eigenvalue weighted by molar-refractivity contribution is 5.99. The van der Waals surface area contributed by atoms with Crippen molar-refractivity contribution in [1.82, 2.24) is 5.32 Å².